The Kier molecular flexibility index (Phi) is 6.86. The Hall–Kier alpha value is -0.900. The minimum Gasteiger partial charge on any atom is -0.351 e. The lowest BCUT2D eigenvalue weighted by Gasteiger charge is -2.06. The normalized spacial score (nSPS) is 10.2. The van der Waals surface area contributed by atoms with Crippen LogP contribution >= 0.6 is 15.9 Å². The molecule has 0 fully saturated rings. The molecule has 0 aromatic carbocycles. The van der Waals surface area contributed by atoms with Crippen molar-refractivity contribution < 1.29 is 4.79 Å². The molecule has 1 rings (SSSR count). The molecule has 0 aliphatic heterocycles. The number of unbranched alkanes of at least 4 members (excludes halogenated alkanes) is 3. The molecular weight excluding hydrogens is 280 g/mol. The number of alkyl halides is 1. The van der Waals surface area contributed by atoms with Gasteiger partial charge < -0.3 is 5.32 Å². The number of hydrogen-bond donors (Lipinski definition) is 1. The molecule has 1 heterocycles. The first kappa shape index (κ1) is 14.2. The Balaban J connectivity index is 2.24. The molecule has 1 aromatic heterocycles. The molecule has 0 saturated heterocycles. The summed E-state index contributed by atoms with van der Waals surface area (Å²) in [5.74, 6) is -0.0661. The van der Waals surface area contributed by atoms with Crippen molar-refractivity contribution in [2.45, 2.75) is 32.6 Å². The fraction of sp³-hybridized carbons (Fsp3) is 0.538. The zero-order valence-corrected chi connectivity index (χ0v) is 11.8. The number of aryl methyl sites for hydroxylation is 1. The first-order chi connectivity index (χ1) is 8.25. The van der Waals surface area contributed by atoms with E-state index in [1.165, 1.54) is 12.8 Å². The predicted octanol–water partition coefficient (Wildman–Crippen LogP) is 3.08. The Morgan fingerprint density at radius 1 is 1.35 bits per heavy atom. The van der Waals surface area contributed by atoms with Crippen molar-refractivity contribution in [1.29, 1.82) is 0 Å². The van der Waals surface area contributed by atoms with Crippen LogP contribution in [-0.4, -0.2) is 22.8 Å². The predicted molar refractivity (Wildman–Crippen MR) is 73.6 cm³/mol. The third-order valence-corrected chi connectivity index (χ3v) is 3.13. The van der Waals surface area contributed by atoms with E-state index in [4.69, 9.17) is 0 Å². The van der Waals surface area contributed by atoms with E-state index in [0.29, 0.717) is 5.69 Å². The summed E-state index contributed by atoms with van der Waals surface area (Å²) in [5, 5.41) is 3.97. The van der Waals surface area contributed by atoms with Crippen LogP contribution in [0.4, 0.5) is 0 Å². The molecule has 0 bridgehead atoms. The molecule has 1 aromatic rings. The maximum absolute atomic E-state index is 11.8. The summed E-state index contributed by atoms with van der Waals surface area (Å²) < 4.78 is 0. The van der Waals surface area contributed by atoms with Gasteiger partial charge in [0.15, 0.2) is 0 Å². The van der Waals surface area contributed by atoms with Gasteiger partial charge >= 0.3 is 0 Å². The number of carbonyl (C=O) groups excluding carboxylic acids is 1. The first-order valence-corrected chi connectivity index (χ1v) is 7.13. The second-order valence-corrected chi connectivity index (χ2v) is 4.82. The fourth-order valence-corrected chi connectivity index (χ4v) is 1.98. The minimum atomic E-state index is -0.0661. The Morgan fingerprint density at radius 2 is 2.12 bits per heavy atom. The zero-order chi connectivity index (χ0) is 12.5. The van der Waals surface area contributed by atoms with Crippen LogP contribution in [0, 0.1) is 6.92 Å². The largest absolute Gasteiger partial charge is 0.351 e. The van der Waals surface area contributed by atoms with Crippen LogP contribution in [0.1, 0.15) is 41.7 Å². The van der Waals surface area contributed by atoms with Gasteiger partial charge in [0.1, 0.15) is 5.69 Å². The molecule has 0 aliphatic rings. The van der Waals surface area contributed by atoms with Crippen molar-refractivity contribution >= 4 is 21.8 Å². The van der Waals surface area contributed by atoms with Gasteiger partial charge in [0.2, 0.25) is 0 Å². The standard InChI is InChI=1S/C13H19BrN2O/c1-11-7-6-10-15-12(11)13(17)16-9-5-3-2-4-8-14/h6-7,10H,2-5,8-9H2,1H3,(H,16,17). The highest BCUT2D eigenvalue weighted by atomic mass is 79.9. The number of rotatable bonds is 7. The monoisotopic (exact) mass is 298 g/mol. The van der Waals surface area contributed by atoms with Gasteiger partial charge in [-0.25, -0.2) is 0 Å². The average Bonchev–Trinajstić information content (AvgIpc) is 2.34. The van der Waals surface area contributed by atoms with Gasteiger partial charge in [-0.2, -0.15) is 0 Å². The molecule has 4 heteroatoms. The number of nitrogens with zero attached hydrogens (tertiary/aromatic N) is 1. The number of hydrogen-bond acceptors (Lipinski definition) is 2. The number of aromatic nitrogens is 1. The molecular formula is C13H19BrN2O. The summed E-state index contributed by atoms with van der Waals surface area (Å²) in [5.41, 5.74) is 1.46. The molecule has 0 aliphatic carbocycles. The molecule has 0 saturated carbocycles. The van der Waals surface area contributed by atoms with Crippen molar-refractivity contribution in [3.8, 4) is 0 Å². The van der Waals surface area contributed by atoms with Crippen LogP contribution in [0.25, 0.3) is 0 Å². The summed E-state index contributed by atoms with van der Waals surface area (Å²) in [6.07, 6.45) is 6.26. The maximum Gasteiger partial charge on any atom is 0.270 e. The van der Waals surface area contributed by atoms with Crippen LogP contribution in [0.3, 0.4) is 0 Å². The fourth-order valence-electron chi connectivity index (χ4n) is 1.58. The topological polar surface area (TPSA) is 42.0 Å². The second kappa shape index (κ2) is 8.23. The average molecular weight is 299 g/mol. The molecule has 0 unspecified atom stereocenters. The highest BCUT2D eigenvalue weighted by molar-refractivity contribution is 9.09. The zero-order valence-electron chi connectivity index (χ0n) is 10.2. The van der Waals surface area contributed by atoms with E-state index in [1.807, 2.05) is 19.1 Å². The van der Waals surface area contributed by atoms with E-state index in [0.717, 1.165) is 30.3 Å². The van der Waals surface area contributed by atoms with E-state index in [-0.39, 0.29) is 5.91 Å². The summed E-state index contributed by atoms with van der Waals surface area (Å²) in [7, 11) is 0. The third-order valence-electron chi connectivity index (χ3n) is 2.57. The number of nitrogens with one attached hydrogen (secondary N) is 1. The van der Waals surface area contributed by atoms with E-state index in [1.54, 1.807) is 6.20 Å². The van der Waals surface area contributed by atoms with Crippen molar-refractivity contribution in [2.24, 2.45) is 0 Å². The van der Waals surface area contributed by atoms with E-state index >= 15 is 0 Å². The van der Waals surface area contributed by atoms with Crippen molar-refractivity contribution in [1.82, 2.24) is 10.3 Å². The van der Waals surface area contributed by atoms with Crippen molar-refractivity contribution in [3.63, 3.8) is 0 Å². The van der Waals surface area contributed by atoms with Crippen LogP contribution < -0.4 is 5.32 Å². The van der Waals surface area contributed by atoms with E-state index < -0.39 is 0 Å². The summed E-state index contributed by atoms with van der Waals surface area (Å²) >= 11 is 3.40. The Labute approximate surface area is 111 Å². The summed E-state index contributed by atoms with van der Waals surface area (Å²) in [6, 6.07) is 3.74. The van der Waals surface area contributed by atoms with Crippen LogP contribution in [0.5, 0.6) is 0 Å². The van der Waals surface area contributed by atoms with Gasteiger partial charge in [-0.1, -0.05) is 34.8 Å². The first-order valence-electron chi connectivity index (χ1n) is 6.01. The molecule has 3 nitrogen and oxygen atoms in total. The van der Waals surface area contributed by atoms with Gasteiger partial charge in [0.05, 0.1) is 0 Å². The lowest BCUT2D eigenvalue weighted by atomic mass is 10.2. The molecule has 1 N–H and O–H groups in total. The highest BCUT2D eigenvalue weighted by Gasteiger charge is 2.08. The van der Waals surface area contributed by atoms with Crippen molar-refractivity contribution in [3.05, 3.63) is 29.6 Å². The Bertz CT molecular complexity index is 355. The lowest BCUT2D eigenvalue weighted by Crippen LogP contribution is -2.26. The van der Waals surface area contributed by atoms with Gasteiger partial charge in [-0.15, -0.1) is 0 Å². The van der Waals surface area contributed by atoms with Gasteiger partial charge in [-0.3, -0.25) is 9.78 Å². The second-order valence-electron chi connectivity index (χ2n) is 4.03. The quantitative estimate of drug-likeness (QED) is 0.621. The number of amides is 1. The van der Waals surface area contributed by atoms with E-state index in [2.05, 4.69) is 26.2 Å². The van der Waals surface area contributed by atoms with Crippen LogP contribution in [0.15, 0.2) is 18.3 Å². The number of halogens is 1. The molecule has 94 valence electrons. The third kappa shape index (κ3) is 5.31. The highest BCUT2D eigenvalue weighted by Crippen LogP contribution is 2.04. The van der Waals surface area contributed by atoms with Crippen LogP contribution in [-0.2, 0) is 0 Å². The summed E-state index contributed by atoms with van der Waals surface area (Å²) in [4.78, 5) is 15.9. The molecule has 0 radical (unpaired) electrons. The van der Waals surface area contributed by atoms with E-state index in [9.17, 15) is 4.79 Å². The Morgan fingerprint density at radius 3 is 2.82 bits per heavy atom. The summed E-state index contributed by atoms with van der Waals surface area (Å²) in [6.45, 7) is 2.63. The van der Waals surface area contributed by atoms with Crippen molar-refractivity contribution in [2.75, 3.05) is 11.9 Å². The smallest absolute Gasteiger partial charge is 0.270 e. The molecule has 0 atom stereocenters. The maximum atomic E-state index is 11.8. The van der Waals surface area contributed by atoms with Gasteiger partial charge in [0, 0.05) is 18.1 Å². The van der Waals surface area contributed by atoms with Gasteiger partial charge in [0.25, 0.3) is 5.91 Å². The minimum absolute atomic E-state index is 0.0661. The SMILES string of the molecule is Cc1cccnc1C(=O)NCCCCCCBr. The molecule has 1 amide bonds. The molecule has 0 spiro atoms. The van der Waals surface area contributed by atoms with Gasteiger partial charge in [-0.05, 0) is 31.4 Å². The molecule has 17 heavy (non-hydrogen) atoms. The van der Waals surface area contributed by atoms with Crippen LogP contribution in [0.2, 0.25) is 0 Å². The lowest BCUT2D eigenvalue weighted by molar-refractivity contribution is 0.0947. The number of carbonyl (C=O) groups is 1. The number of pyridine rings is 1.